The van der Waals surface area contributed by atoms with Crippen molar-refractivity contribution in [2.75, 3.05) is 0 Å². The van der Waals surface area contributed by atoms with Crippen LogP contribution in [0.2, 0.25) is 0 Å². The molecule has 0 aromatic rings. The van der Waals surface area contributed by atoms with Crippen molar-refractivity contribution in [3.63, 3.8) is 0 Å². The largest absolute Gasteiger partial charge is 0.288 e. The van der Waals surface area contributed by atoms with Crippen LogP contribution in [0, 0.1) is 11.8 Å². The highest BCUT2D eigenvalue weighted by atomic mass is 32.3. The Morgan fingerprint density at radius 1 is 0.739 bits per heavy atom. The molecule has 8 heteroatoms. The Morgan fingerprint density at radius 3 is 1.26 bits per heavy atom. The Bertz CT molecular complexity index is 488. The molecule has 6 nitrogen and oxygen atoms in total. The van der Waals surface area contributed by atoms with Crippen molar-refractivity contribution in [2.45, 2.75) is 83.1 Å². The molecule has 0 saturated heterocycles. The van der Waals surface area contributed by atoms with Gasteiger partial charge >= 0.3 is 0 Å². The average molecular weight is 373 g/mol. The van der Waals surface area contributed by atoms with Crippen LogP contribution in [0.1, 0.15) is 79.1 Å². The fourth-order valence-electron chi connectivity index (χ4n) is 3.44. The molecule has 0 radical (unpaired) electrons. The molecule has 23 heavy (non-hydrogen) atoms. The average Bonchev–Trinajstić information content (AvgIpc) is 2.36. The van der Waals surface area contributed by atoms with Gasteiger partial charge in [0.2, 0.25) is 4.08 Å². The van der Waals surface area contributed by atoms with E-state index in [-0.39, 0.29) is 0 Å². The van der Waals surface area contributed by atoms with E-state index in [0.29, 0.717) is 25.7 Å². The zero-order chi connectivity index (χ0) is 18.3. The Hall–Kier alpha value is -0.180. The first-order valence-corrected chi connectivity index (χ1v) is 11.3. The van der Waals surface area contributed by atoms with Gasteiger partial charge in [0, 0.05) is 0 Å². The molecule has 2 atom stereocenters. The molecular formula is C15H32O6S2. The van der Waals surface area contributed by atoms with Crippen molar-refractivity contribution in [1.29, 1.82) is 0 Å². The lowest BCUT2D eigenvalue weighted by Crippen LogP contribution is -2.55. The standard InChI is InChI=1S/C15H32O6S2/c1-5-7-9-11-13(3)15(22(16,17)18,23(19,20)21)14(4)12-10-8-6-2/h13-14H,5-12H2,1-4H3,(H,16,17,18)(H,19,20,21). The lowest BCUT2D eigenvalue weighted by Gasteiger charge is -2.38. The topological polar surface area (TPSA) is 109 Å². The number of hydrogen-bond donors (Lipinski definition) is 2. The van der Waals surface area contributed by atoms with Gasteiger partial charge in [0.1, 0.15) is 0 Å². The molecule has 2 N–H and O–H groups in total. The maximum Gasteiger partial charge on any atom is 0.288 e. The Balaban J connectivity index is 5.82. The quantitative estimate of drug-likeness (QED) is 0.397. The smallest absolute Gasteiger partial charge is 0.284 e. The number of unbranched alkanes of at least 4 members (excludes halogenated alkanes) is 4. The first kappa shape index (κ1) is 22.8. The predicted octanol–water partition coefficient (Wildman–Crippen LogP) is 3.89. The van der Waals surface area contributed by atoms with Crippen molar-refractivity contribution in [3.05, 3.63) is 0 Å². The molecule has 0 aromatic heterocycles. The van der Waals surface area contributed by atoms with E-state index in [1.807, 2.05) is 13.8 Å². The zero-order valence-electron chi connectivity index (χ0n) is 14.7. The fraction of sp³-hybridized carbons (Fsp3) is 1.00. The highest BCUT2D eigenvalue weighted by molar-refractivity contribution is 8.05. The van der Waals surface area contributed by atoms with Gasteiger partial charge in [-0.25, -0.2) is 0 Å². The third kappa shape index (κ3) is 5.41. The minimum atomic E-state index is -4.99. The molecule has 0 aliphatic heterocycles. The summed E-state index contributed by atoms with van der Waals surface area (Å²) < 4.78 is 65.2. The highest BCUT2D eigenvalue weighted by Gasteiger charge is 2.61. The van der Waals surface area contributed by atoms with Crippen LogP contribution < -0.4 is 0 Å². The third-order valence-electron chi connectivity index (χ3n) is 4.66. The minimum Gasteiger partial charge on any atom is -0.284 e. The highest BCUT2D eigenvalue weighted by Crippen LogP contribution is 2.43. The molecule has 0 amide bonds. The lowest BCUT2D eigenvalue weighted by atomic mass is 9.88. The maximum absolute atomic E-state index is 12.1. The van der Waals surface area contributed by atoms with Crippen LogP contribution in [0.15, 0.2) is 0 Å². The SMILES string of the molecule is CCCCCC(C)C(C(C)CCCCC)(S(=O)(=O)O)S(=O)(=O)O. The van der Waals surface area contributed by atoms with Crippen LogP contribution in [-0.2, 0) is 20.2 Å². The first-order chi connectivity index (χ1) is 10.5. The van der Waals surface area contributed by atoms with Crippen molar-refractivity contribution in [1.82, 2.24) is 0 Å². The Kier molecular flexibility index (Phi) is 9.27. The molecule has 0 fully saturated rings. The molecule has 0 aliphatic carbocycles. The lowest BCUT2D eigenvalue weighted by molar-refractivity contribution is 0.279. The minimum absolute atomic E-state index is 0.311. The second kappa shape index (κ2) is 9.34. The molecule has 0 aromatic carbocycles. The summed E-state index contributed by atoms with van der Waals surface area (Å²) in [5.74, 6) is -1.79. The van der Waals surface area contributed by atoms with Gasteiger partial charge < -0.3 is 0 Å². The van der Waals surface area contributed by atoms with E-state index in [4.69, 9.17) is 0 Å². The van der Waals surface area contributed by atoms with Gasteiger partial charge in [-0.15, -0.1) is 0 Å². The van der Waals surface area contributed by atoms with Crippen molar-refractivity contribution in [2.24, 2.45) is 11.8 Å². The molecule has 0 heterocycles. The van der Waals surface area contributed by atoms with Gasteiger partial charge in [0.15, 0.2) is 0 Å². The van der Waals surface area contributed by atoms with Crippen LogP contribution >= 0.6 is 0 Å². The van der Waals surface area contributed by atoms with Gasteiger partial charge in [0.25, 0.3) is 20.2 Å². The van der Waals surface area contributed by atoms with E-state index in [0.717, 1.165) is 25.7 Å². The van der Waals surface area contributed by atoms with Crippen molar-refractivity contribution in [3.8, 4) is 0 Å². The second-order valence-electron chi connectivity index (χ2n) is 6.47. The van der Waals surface area contributed by atoms with Crippen LogP contribution in [0.4, 0.5) is 0 Å². The van der Waals surface area contributed by atoms with Crippen molar-refractivity contribution >= 4 is 20.2 Å². The van der Waals surface area contributed by atoms with Crippen molar-refractivity contribution < 1.29 is 25.9 Å². The number of rotatable bonds is 12. The number of hydrogen-bond acceptors (Lipinski definition) is 4. The molecular weight excluding hydrogens is 340 g/mol. The second-order valence-corrected chi connectivity index (χ2v) is 9.97. The van der Waals surface area contributed by atoms with E-state index in [1.54, 1.807) is 0 Å². The van der Waals surface area contributed by atoms with E-state index < -0.39 is 36.2 Å². The van der Waals surface area contributed by atoms with Gasteiger partial charge in [0.05, 0.1) is 0 Å². The maximum atomic E-state index is 12.1. The van der Waals surface area contributed by atoms with Crippen LogP contribution in [0.3, 0.4) is 0 Å². The van der Waals surface area contributed by atoms with E-state index in [1.165, 1.54) is 13.8 Å². The van der Waals surface area contributed by atoms with Crippen LogP contribution in [0.5, 0.6) is 0 Å². The van der Waals surface area contributed by atoms with E-state index >= 15 is 0 Å². The molecule has 140 valence electrons. The monoisotopic (exact) mass is 372 g/mol. The molecule has 2 unspecified atom stereocenters. The third-order valence-corrected chi connectivity index (χ3v) is 9.15. The molecule has 0 spiro atoms. The van der Waals surface area contributed by atoms with E-state index in [9.17, 15) is 25.9 Å². The summed E-state index contributed by atoms with van der Waals surface area (Å²) in [7, 11) is -9.99. The van der Waals surface area contributed by atoms with E-state index in [2.05, 4.69) is 0 Å². The van der Waals surface area contributed by atoms with Gasteiger partial charge in [-0.2, -0.15) is 16.8 Å². The normalized spacial score (nSPS) is 16.3. The molecule has 0 bridgehead atoms. The molecule has 0 rings (SSSR count). The summed E-state index contributed by atoms with van der Waals surface area (Å²) in [6.45, 7) is 6.93. The van der Waals surface area contributed by atoms with Gasteiger partial charge in [-0.05, 0) is 24.7 Å². The first-order valence-electron chi connectivity index (χ1n) is 8.40. The summed E-state index contributed by atoms with van der Waals surface area (Å²) >= 11 is 0. The summed E-state index contributed by atoms with van der Waals surface area (Å²) in [4.78, 5) is 0. The summed E-state index contributed by atoms with van der Waals surface area (Å²) in [6, 6.07) is 0. The predicted molar refractivity (Wildman–Crippen MR) is 92.4 cm³/mol. The summed E-state index contributed by atoms with van der Waals surface area (Å²) in [5.41, 5.74) is 0. The van der Waals surface area contributed by atoms with Crippen LogP contribution in [0.25, 0.3) is 0 Å². The Labute approximate surface area is 141 Å². The summed E-state index contributed by atoms with van der Waals surface area (Å²) in [5, 5.41) is 0. The van der Waals surface area contributed by atoms with Gasteiger partial charge in [-0.3, -0.25) is 9.11 Å². The fourth-order valence-corrected chi connectivity index (χ4v) is 7.01. The zero-order valence-corrected chi connectivity index (χ0v) is 16.3. The molecule has 0 aliphatic rings. The summed E-state index contributed by atoms with van der Waals surface area (Å²) in [6.07, 6.45) is 5.39. The van der Waals surface area contributed by atoms with Gasteiger partial charge in [-0.1, -0.05) is 66.2 Å². The van der Waals surface area contributed by atoms with Crippen LogP contribution in [-0.4, -0.2) is 30.0 Å². The Morgan fingerprint density at radius 2 is 1.04 bits per heavy atom. The molecule has 0 saturated carbocycles.